The van der Waals surface area contributed by atoms with Gasteiger partial charge in [0.15, 0.2) is 0 Å². The fourth-order valence-electron chi connectivity index (χ4n) is 2.72. The van der Waals surface area contributed by atoms with Crippen LogP contribution in [0, 0.1) is 0 Å². The van der Waals surface area contributed by atoms with Crippen molar-refractivity contribution in [3.05, 3.63) is 54.1 Å². The molecule has 2 amide bonds. The molecule has 1 aliphatic heterocycles. The average Bonchev–Trinajstić information content (AvgIpc) is 2.61. The highest BCUT2D eigenvalue weighted by molar-refractivity contribution is 6.03. The SMILES string of the molecule is CCc1ccc(NC(=O)N2C[C@@H](CC)Oc3ccccc32)cc1. The molecule has 0 spiro atoms. The van der Waals surface area contributed by atoms with Gasteiger partial charge in [0.1, 0.15) is 11.9 Å². The zero-order chi connectivity index (χ0) is 16.2. The number of amides is 2. The van der Waals surface area contributed by atoms with Gasteiger partial charge in [0.25, 0.3) is 0 Å². The Kier molecular flexibility index (Phi) is 4.51. The van der Waals surface area contributed by atoms with Crippen LogP contribution in [0.25, 0.3) is 0 Å². The van der Waals surface area contributed by atoms with Crippen LogP contribution in [0.1, 0.15) is 25.8 Å². The number of nitrogens with one attached hydrogen (secondary N) is 1. The molecule has 2 aromatic carbocycles. The molecule has 1 atom stereocenters. The van der Waals surface area contributed by atoms with E-state index in [1.54, 1.807) is 4.90 Å². The Balaban J connectivity index is 1.80. The first-order valence-corrected chi connectivity index (χ1v) is 8.14. The molecule has 1 aliphatic rings. The number of rotatable bonds is 3. The van der Waals surface area contributed by atoms with Crippen LogP contribution >= 0.6 is 0 Å². The molecule has 0 saturated carbocycles. The minimum absolute atomic E-state index is 0.0260. The third-order valence-electron chi connectivity index (χ3n) is 4.15. The third-order valence-corrected chi connectivity index (χ3v) is 4.15. The van der Waals surface area contributed by atoms with Crippen molar-refractivity contribution in [2.24, 2.45) is 0 Å². The fraction of sp³-hybridized carbons (Fsp3) is 0.316. The van der Waals surface area contributed by atoms with Gasteiger partial charge in [-0.05, 0) is 42.7 Å². The molecule has 120 valence electrons. The summed E-state index contributed by atoms with van der Waals surface area (Å²) < 4.78 is 5.92. The summed E-state index contributed by atoms with van der Waals surface area (Å²) in [5.41, 5.74) is 2.88. The van der Waals surface area contributed by atoms with E-state index < -0.39 is 0 Å². The van der Waals surface area contributed by atoms with Crippen LogP contribution in [0.4, 0.5) is 16.2 Å². The standard InChI is InChI=1S/C19H22N2O2/c1-3-14-9-11-15(12-10-14)20-19(22)21-13-16(4-2)23-18-8-6-5-7-17(18)21/h5-12,16H,3-4,13H2,1-2H3,(H,20,22)/t16-/m1/s1. The topological polar surface area (TPSA) is 41.6 Å². The summed E-state index contributed by atoms with van der Waals surface area (Å²) in [5, 5.41) is 2.98. The summed E-state index contributed by atoms with van der Waals surface area (Å²) in [5.74, 6) is 0.766. The Morgan fingerprint density at radius 1 is 1.17 bits per heavy atom. The van der Waals surface area contributed by atoms with Gasteiger partial charge in [-0.2, -0.15) is 0 Å². The predicted molar refractivity (Wildman–Crippen MR) is 93.3 cm³/mol. The van der Waals surface area contributed by atoms with E-state index in [0.717, 1.165) is 30.0 Å². The van der Waals surface area contributed by atoms with Gasteiger partial charge in [-0.3, -0.25) is 4.90 Å². The number of fused-ring (bicyclic) bond motifs is 1. The first-order valence-electron chi connectivity index (χ1n) is 8.14. The molecule has 0 aromatic heterocycles. The van der Waals surface area contributed by atoms with Crippen molar-refractivity contribution in [3.63, 3.8) is 0 Å². The highest BCUT2D eigenvalue weighted by atomic mass is 16.5. The molecule has 0 unspecified atom stereocenters. The second-order valence-corrected chi connectivity index (χ2v) is 5.71. The fourth-order valence-corrected chi connectivity index (χ4v) is 2.72. The number of urea groups is 1. The van der Waals surface area contributed by atoms with Gasteiger partial charge in [-0.25, -0.2) is 4.79 Å². The van der Waals surface area contributed by atoms with E-state index in [4.69, 9.17) is 4.74 Å². The van der Waals surface area contributed by atoms with Gasteiger partial charge in [0.2, 0.25) is 0 Å². The maximum absolute atomic E-state index is 12.7. The first-order chi connectivity index (χ1) is 11.2. The smallest absolute Gasteiger partial charge is 0.326 e. The Morgan fingerprint density at radius 2 is 1.91 bits per heavy atom. The number of aryl methyl sites for hydroxylation is 1. The predicted octanol–water partition coefficient (Wildman–Crippen LogP) is 4.46. The Labute approximate surface area is 137 Å². The maximum Gasteiger partial charge on any atom is 0.326 e. The van der Waals surface area contributed by atoms with Crippen molar-refractivity contribution in [2.45, 2.75) is 32.8 Å². The Morgan fingerprint density at radius 3 is 2.61 bits per heavy atom. The number of nitrogens with zero attached hydrogens (tertiary/aromatic N) is 1. The summed E-state index contributed by atoms with van der Waals surface area (Å²) in [4.78, 5) is 14.5. The molecule has 2 aromatic rings. The van der Waals surface area contributed by atoms with Crippen molar-refractivity contribution in [3.8, 4) is 5.75 Å². The first kappa shape index (κ1) is 15.4. The molecule has 0 bridgehead atoms. The van der Waals surface area contributed by atoms with Crippen LogP contribution in [0.15, 0.2) is 48.5 Å². The monoisotopic (exact) mass is 310 g/mol. The number of hydrogen-bond donors (Lipinski definition) is 1. The lowest BCUT2D eigenvalue weighted by Gasteiger charge is -2.34. The van der Waals surface area contributed by atoms with Crippen molar-refractivity contribution in [1.82, 2.24) is 0 Å². The second kappa shape index (κ2) is 6.73. The highest BCUT2D eigenvalue weighted by Crippen LogP contribution is 2.34. The van der Waals surface area contributed by atoms with Crippen LogP contribution in [0.5, 0.6) is 5.75 Å². The highest BCUT2D eigenvalue weighted by Gasteiger charge is 2.28. The molecule has 0 saturated heterocycles. The molecule has 0 radical (unpaired) electrons. The number of carbonyl (C=O) groups excluding carboxylic acids is 1. The number of hydrogen-bond acceptors (Lipinski definition) is 2. The summed E-state index contributed by atoms with van der Waals surface area (Å²) >= 11 is 0. The lowest BCUT2D eigenvalue weighted by molar-refractivity contribution is 0.188. The van der Waals surface area contributed by atoms with Crippen molar-refractivity contribution in [2.75, 3.05) is 16.8 Å². The maximum atomic E-state index is 12.7. The lowest BCUT2D eigenvalue weighted by Crippen LogP contribution is -2.45. The summed E-state index contributed by atoms with van der Waals surface area (Å²) in [6.45, 7) is 4.74. The largest absolute Gasteiger partial charge is 0.486 e. The van der Waals surface area contributed by atoms with E-state index in [-0.39, 0.29) is 12.1 Å². The molecule has 3 rings (SSSR count). The normalized spacial score (nSPS) is 16.4. The Hall–Kier alpha value is -2.49. The quantitative estimate of drug-likeness (QED) is 0.909. The van der Waals surface area contributed by atoms with Crippen LogP contribution in [0.2, 0.25) is 0 Å². The second-order valence-electron chi connectivity index (χ2n) is 5.71. The molecule has 1 N–H and O–H groups in total. The zero-order valence-corrected chi connectivity index (χ0v) is 13.6. The van der Waals surface area contributed by atoms with Gasteiger partial charge in [-0.15, -0.1) is 0 Å². The van der Waals surface area contributed by atoms with Crippen molar-refractivity contribution < 1.29 is 9.53 Å². The van der Waals surface area contributed by atoms with Crippen molar-refractivity contribution >= 4 is 17.4 Å². The molecule has 23 heavy (non-hydrogen) atoms. The van der Waals surface area contributed by atoms with E-state index in [0.29, 0.717) is 6.54 Å². The molecular formula is C19H22N2O2. The number of para-hydroxylation sites is 2. The molecule has 4 nitrogen and oxygen atoms in total. The van der Waals surface area contributed by atoms with E-state index in [9.17, 15) is 4.79 Å². The Bertz CT molecular complexity index is 682. The zero-order valence-electron chi connectivity index (χ0n) is 13.6. The van der Waals surface area contributed by atoms with Gasteiger partial charge >= 0.3 is 6.03 Å². The summed E-state index contributed by atoms with van der Waals surface area (Å²) in [7, 11) is 0. The van der Waals surface area contributed by atoms with Gasteiger partial charge in [0.05, 0.1) is 12.2 Å². The van der Waals surface area contributed by atoms with Crippen LogP contribution in [-0.2, 0) is 6.42 Å². The summed E-state index contributed by atoms with van der Waals surface area (Å²) in [6.07, 6.45) is 1.88. The average molecular weight is 310 g/mol. The number of ether oxygens (including phenoxy) is 1. The van der Waals surface area contributed by atoms with Crippen LogP contribution in [-0.4, -0.2) is 18.7 Å². The molecule has 4 heteroatoms. The van der Waals surface area contributed by atoms with E-state index >= 15 is 0 Å². The third kappa shape index (κ3) is 3.31. The van der Waals surface area contributed by atoms with Crippen molar-refractivity contribution in [1.29, 1.82) is 0 Å². The van der Waals surface area contributed by atoms with Crippen LogP contribution in [0.3, 0.4) is 0 Å². The van der Waals surface area contributed by atoms with Gasteiger partial charge in [-0.1, -0.05) is 38.1 Å². The molecule has 1 heterocycles. The van der Waals surface area contributed by atoms with Gasteiger partial charge in [0, 0.05) is 5.69 Å². The minimum atomic E-state index is -0.122. The minimum Gasteiger partial charge on any atom is -0.486 e. The molecule has 0 aliphatic carbocycles. The van der Waals surface area contributed by atoms with E-state index in [1.807, 2.05) is 48.5 Å². The van der Waals surface area contributed by atoms with E-state index in [1.165, 1.54) is 5.56 Å². The van der Waals surface area contributed by atoms with Crippen LogP contribution < -0.4 is 15.0 Å². The molecular weight excluding hydrogens is 288 g/mol. The van der Waals surface area contributed by atoms with Gasteiger partial charge < -0.3 is 10.1 Å². The number of benzene rings is 2. The molecule has 0 fully saturated rings. The number of carbonyl (C=O) groups is 1. The lowest BCUT2D eigenvalue weighted by atomic mass is 10.1. The number of anilines is 2. The van der Waals surface area contributed by atoms with E-state index in [2.05, 4.69) is 19.2 Å². The summed E-state index contributed by atoms with van der Waals surface area (Å²) in [6, 6.07) is 15.5.